The molecule has 4 nitrogen and oxygen atoms in total. The van der Waals surface area contributed by atoms with Gasteiger partial charge in [-0.3, -0.25) is 9.59 Å². The molecule has 0 N–H and O–H groups in total. The lowest BCUT2D eigenvalue weighted by Crippen LogP contribution is -2.05. The van der Waals surface area contributed by atoms with Crippen LogP contribution in [0.1, 0.15) is 117 Å². The van der Waals surface area contributed by atoms with Gasteiger partial charge in [0.2, 0.25) is 0 Å². The summed E-state index contributed by atoms with van der Waals surface area (Å²) < 4.78 is 10.3. The van der Waals surface area contributed by atoms with Gasteiger partial charge in [0.05, 0.1) is 13.2 Å². The minimum absolute atomic E-state index is 0.0401. The standard InChI is InChI=1S/C24H44O4/c1-3-5-21-27-23(25)19-17-15-13-11-9-7-8-10-12-14-16-18-20-24(26)28-22-6-4-2/h7-8H,3-6,9-22H2,1-2H3/b8-7+. The Balaban J connectivity index is 3.26. The number of carbonyl (C=O) groups excluding carboxylic acids is 2. The fourth-order valence-electron chi connectivity index (χ4n) is 2.81. The SMILES string of the molecule is CCCCOC(=O)CCCCCC/C=C/CCCCCCC(=O)OCCCC. The number of hydrogen-bond donors (Lipinski definition) is 0. The maximum absolute atomic E-state index is 11.4. The normalized spacial score (nSPS) is 11.1. The van der Waals surface area contributed by atoms with Gasteiger partial charge in [-0.15, -0.1) is 0 Å². The molecule has 0 unspecified atom stereocenters. The summed E-state index contributed by atoms with van der Waals surface area (Å²) in [7, 11) is 0. The van der Waals surface area contributed by atoms with Crippen LogP contribution >= 0.6 is 0 Å². The van der Waals surface area contributed by atoms with Crippen LogP contribution in [0.5, 0.6) is 0 Å². The number of esters is 2. The van der Waals surface area contributed by atoms with Crippen LogP contribution in [0.4, 0.5) is 0 Å². The van der Waals surface area contributed by atoms with E-state index in [-0.39, 0.29) is 11.9 Å². The summed E-state index contributed by atoms with van der Waals surface area (Å²) in [4.78, 5) is 22.9. The Labute approximate surface area is 173 Å². The van der Waals surface area contributed by atoms with E-state index in [0.29, 0.717) is 26.1 Å². The van der Waals surface area contributed by atoms with Gasteiger partial charge < -0.3 is 9.47 Å². The first kappa shape index (κ1) is 26.7. The second-order valence-corrected chi connectivity index (χ2v) is 7.53. The molecule has 0 saturated heterocycles. The third-order valence-electron chi connectivity index (χ3n) is 4.69. The third-order valence-corrected chi connectivity index (χ3v) is 4.69. The molecule has 0 amide bonds. The number of carbonyl (C=O) groups is 2. The van der Waals surface area contributed by atoms with Crippen LogP contribution < -0.4 is 0 Å². The highest BCUT2D eigenvalue weighted by Crippen LogP contribution is 2.09. The molecule has 0 atom stereocenters. The number of allylic oxidation sites excluding steroid dienone is 2. The number of hydrogen-bond acceptors (Lipinski definition) is 4. The Morgan fingerprint density at radius 1 is 0.571 bits per heavy atom. The van der Waals surface area contributed by atoms with E-state index in [0.717, 1.165) is 64.2 Å². The Morgan fingerprint density at radius 3 is 1.36 bits per heavy atom. The molecule has 164 valence electrons. The summed E-state index contributed by atoms with van der Waals surface area (Å²) in [6.45, 7) is 5.34. The molecular weight excluding hydrogens is 352 g/mol. The number of unbranched alkanes of at least 4 members (excludes halogenated alkanes) is 10. The molecule has 4 heteroatoms. The molecule has 0 fully saturated rings. The van der Waals surface area contributed by atoms with E-state index < -0.39 is 0 Å². The van der Waals surface area contributed by atoms with Crippen molar-refractivity contribution in [3.8, 4) is 0 Å². The first-order chi connectivity index (χ1) is 13.7. The van der Waals surface area contributed by atoms with Crippen molar-refractivity contribution in [3.05, 3.63) is 12.2 Å². The smallest absolute Gasteiger partial charge is 0.305 e. The Hall–Kier alpha value is -1.32. The minimum atomic E-state index is -0.0401. The molecule has 28 heavy (non-hydrogen) atoms. The zero-order valence-corrected chi connectivity index (χ0v) is 18.5. The molecular formula is C24H44O4. The molecule has 0 aromatic rings. The summed E-state index contributed by atoms with van der Waals surface area (Å²) in [5.74, 6) is -0.0801. The van der Waals surface area contributed by atoms with Crippen LogP contribution in [0.15, 0.2) is 12.2 Å². The van der Waals surface area contributed by atoms with Crippen LogP contribution in [-0.2, 0) is 19.1 Å². The lowest BCUT2D eigenvalue weighted by atomic mass is 10.1. The Morgan fingerprint density at radius 2 is 0.964 bits per heavy atom. The predicted molar refractivity (Wildman–Crippen MR) is 116 cm³/mol. The molecule has 0 aromatic carbocycles. The second kappa shape index (κ2) is 22.0. The van der Waals surface area contributed by atoms with Gasteiger partial charge >= 0.3 is 11.9 Å². The van der Waals surface area contributed by atoms with Crippen molar-refractivity contribution >= 4 is 11.9 Å². The van der Waals surface area contributed by atoms with Gasteiger partial charge in [-0.2, -0.15) is 0 Å². The summed E-state index contributed by atoms with van der Waals surface area (Å²) in [5, 5.41) is 0. The zero-order chi connectivity index (χ0) is 20.7. The monoisotopic (exact) mass is 396 g/mol. The van der Waals surface area contributed by atoms with E-state index in [1.807, 2.05) is 0 Å². The van der Waals surface area contributed by atoms with Crippen molar-refractivity contribution in [2.75, 3.05) is 13.2 Å². The summed E-state index contributed by atoms with van der Waals surface area (Å²) in [6, 6.07) is 0. The Bertz CT molecular complexity index is 354. The highest BCUT2D eigenvalue weighted by Gasteiger charge is 2.02. The van der Waals surface area contributed by atoms with E-state index in [1.165, 1.54) is 25.7 Å². The van der Waals surface area contributed by atoms with Crippen molar-refractivity contribution in [2.45, 2.75) is 117 Å². The zero-order valence-electron chi connectivity index (χ0n) is 18.5. The van der Waals surface area contributed by atoms with Crippen LogP contribution in [0.2, 0.25) is 0 Å². The van der Waals surface area contributed by atoms with Gasteiger partial charge in [-0.1, -0.05) is 64.5 Å². The molecule has 0 aliphatic heterocycles. The van der Waals surface area contributed by atoms with Crippen molar-refractivity contribution in [1.82, 2.24) is 0 Å². The molecule has 0 saturated carbocycles. The summed E-state index contributed by atoms with van der Waals surface area (Å²) in [6.07, 6.45) is 20.9. The van der Waals surface area contributed by atoms with Gasteiger partial charge in [0.15, 0.2) is 0 Å². The number of rotatable bonds is 20. The van der Waals surface area contributed by atoms with Gasteiger partial charge in [0.25, 0.3) is 0 Å². The highest BCUT2D eigenvalue weighted by atomic mass is 16.5. The predicted octanol–water partition coefficient (Wildman–Crippen LogP) is 6.91. The lowest BCUT2D eigenvalue weighted by molar-refractivity contribution is -0.144. The average Bonchev–Trinajstić information content (AvgIpc) is 2.68. The third kappa shape index (κ3) is 21.0. The average molecular weight is 397 g/mol. The van der Waals surface area contributed by atoms with Crippen molar-refractivity contribution in [3.63, 3.8) is 0 Å². The lowest BCUT2D eigenvalue weighted by Gasteiger charge is -2.03. The quantitative estimate of drug-likeness (QED) is 0.127. The summed E-state index contributed by atoms with van der Waals surface area (Å²) >= 11 is 0. The van der Waals surface area contributed by atoms with Crippen LogP contribution in [-0.4, -0.2) is 25.2 Å². The van der Waals surface area contributed by atoms with Gasteiger partial charge in [0, 0.05) is 12.8 Å². The largest absolute Gasteiger partial charge is 0.466 e. The van der Waals surface area contributed by atoms with Crippen LogP contribution in [0.3, 0.4) is 0 Å². The van der Waals surface area contributed by atoms with Gasteiger partial charge in [-0.25, -0.2) is 0 Å². The summed E-state index contributed by atoms with van der Waals surface area (Å²) in [5.41, 5.74) is 0. The fraction of sp³-hybridized carbons (Fsp3) is 0.833. The van der Waals surface area contributed by atoms with Gasteiger partial charge in [0.1, 0.15) is 0 Å². The van der Waals surface area contributed by atoms with Crippen molar-refractivity contribution in [2.24, 2.45) is 0 Å². The van der Waals surface area contributed by atoms with Crippen LogP contribution in [0.25, 0.3) is 0 Å². The molecule has 0 radical (unpaired) electrons. The van der Waals surface area contributed by atoms with E-state index in [4.69, 9.17) is 9.47 Å². The van der Waals surface area contributed by atoms with E-state index in [1.54, 1.807) is 0 Å². The maximum atomic E-state index is 11.4. The van der Waals surface area contributed by atoms with E-state index in [9.17, 15) is 9.59 Å². The molecule has 0 bridgehead atoms. The number of ether oxygens (including phenoxy) is 2. The van der Waals surface area contributed by atoms with E-state index in [2.05, 4.69) is 26.0 Å². The molecule has 0 aromatic heterocycles. The van der Waals surface area contributed by atoms with Crippen molar-refractivity contribution in [1.29, 1.82) is 0 Å². The molecule has 0 aliphatic carbocycles. The van der Waals surface area contributed by atoms with Gasteiger partial charge in [-0.05, 0) is 51.4 Å². The topological polar surface area (TPSA) is 52.6 Å². The van der Waals surface area contributed by atoms with Crippen molar-refractivity contribution < 1.29 is 19.1 Å². The second-order valence-electron chi connectivity index (χ2n) is 7.53. The highest BCUT2D eigenvalue weighted by molar-refractivity contribution is 5.69. The fourth-order valence-corrected chi connectivity index (χ4v) is 2.81. The van der Waals surface area contributed by atoms with Crippen LogP contribution in [0, 0.1) is 0 Å². The first-order valence-corrected chi connectivity index (χ1v) is 11.7. The molecule has 0 rings (SSSR count). The molecule has 0 spiro atoms. The molecule has 0 aliphatic rings. The minimum Gasteiger partial charge on any atom is -0.466 e. The Kier molecular flexibility index (Phi) is 20.9. The molecule has 0 heterocycles. The van der Waals surface area contributed by atoms with E-state index >= 15 is 0 Å². The maximum Gasteiger partial charge on any atom is 0.305 e. The first-order valence-electron chi connectivity index (χ1n) is 11.7.